The zero-order valence-electron chi connectivity index (χ0n) is 13.6. The van der Waals surface area contributed by atoms with Gasteiger partial charge in [0.1, 0.15) is 0 Å². The summed E-state index contributed by atoms with van der Waals surface area (Å²) in [6.45, 7) is 3.68. The summed E-state index contributed by atoms with van der Waals surface area (Å²) >= 11 is 0. The minimum absolute atomic E-state index is 0.707. The molecule has 3 rings (SSSR count). The third-order valence-electron chi connectivity index (χ3n) is 5.71. The molecule has 4 atom stereocenters. The second-order valence-electron chi connectivity index (χ2n) is 7.45. The van der Waals surface area contributed by atoms with Crippen molar-refractivity contribution in [2.45, 2.75) is 70.3 Å². The van der Waals surface area contributed by atoms with Crippen molar-refractivity contribution in [3.8, 4) is 0 Å². The van der Waals surface area contributed by atoms with Crippen molar-refractivity contribution in [1.82, 2.24) is 5.32 Å². The van der Waals surface area contributed by atoms with Crippen molar-refractivity contribution >= 4 is 0 Å². The molecular weight excluding hydrogens is 254 g/mol. The van der Waals surface area contributed by atoms with Gasteiger partial charge in [-0.15, -0.1) is 0 Å². The van der Waals surface area contributed by atoms with Gasteiger partial charge in [-0.05, 0) is 55.5 Å². The predicted molar refractivity (Wildman–Crippen MR) is 90.6 cm³/mol. The largest absolute Gasteiger partial charge is 0.313 e. The molecule has 2 fully saturated rings. The lowest BCUT2D eigenvalue weighted by Gasteiger charge is -2.35. The van der Waals surface area contributed by atoms with Crippen LogP contribution >= 0.6 is 0 Å². The van der Waals surface area contributed by atoms with Gasteiger partial charge in [-0.25, -0.2) is 0 Å². The molecule has 0 bridgehead atoms. The summed E-state index contributed by atoms with van der Waals surface area (Å²) in [4.78, 5) is 0. The molecule has 0 spiro atoms. The molecule has 0 amide bonds. The van der Waals surface area contributed by atoms with Gasteiger partial charge >= 0.3 is 0 Å². The number of hydrogen-bond donors (Lipinski definition) is 1. The molecule has 21 heavy (non-hydrogen) atoms. The number of nitrogens with one attached hydrogen (secondary N) is 1. The summed E-state index contributed by atoms with van der Waals surface area (Å²) in [5, 5.41) is 3.96. The molecule has 0 aliphatic heterocycles. The molecular formula is C20H31N. The molecule has 0 aromatic heterocycles. The maximum absolute atomic E-state index is 3.96. The Morgan fingerprint density at radius 1 is 0.952 bits per heavy atom. The molecule has 0 saturated heterocycles. The molecule has 4 unspecified atom stereocenters. The maximum Gasteiger partial charge on any atom is 0.0136 e. The van der Waals surface area contributed by atoms with Crippen LogP contribution in [0.15, 0.2) is 30.3 Å². The van der Waals surface area contributed by atoms with Crippen molar-refractivity contribution in [2.24, 2.45) is 11.8 Å². The van der Waals surface area contributed by atoms with Crippen LogP contribution in [0.4, 0.5) is 0 Å². The van der Waals surface area contributed by atoms with Gasteiger partial charge in [0.2, 0.25) is 0 Å². The molecule has 1 nitrogen and oxygen atoms in total. The fraction of sp³-hybridized carbons (Fsp3) is 0.700. The van der Waals surface area contributed by atoms with Crippen LogP contribution in [0.3, 0.4) is 0 Å². The molecule has 1 heteroatoms. The van der Waals surface area contributed by atoms with E-state index in [0.717, 1.165) is 17.8 Å². The van der Waals surface area contributed by atoms with E-state index in [1.807, 2.05) is 0 Å². The molecule has 1 aromatic rings. The molecule has 0 radical (unpaired) electrons. The van der Waals surface area contributed by atoms with Gasteiger partial charge in [-0.1, -0.05) is 62.9 Å². The van der Waals surface area contributed by atoms with Crippen molar-refractivity contribution in [3.63, 3.8) is 0 Å². The standard InChI is InChI=1S/C20H31N/c1-16-8-7-9-17(14-16)15-21-20-13-6-5-12-19(20)18-10-3-2-4-11-18/h2-4,10-11,16-17,19-21H,5-9,12-15H2,1H3. The first kappa shape index (κ1) is 15.1. The van der Waals surface area contributed by atoms with Gasteiger partial charge < -0.3 is 5.32 Å². The van der Waals surface area contributed by atoms with Crippen molar-refractivity contribution in [2.75, 3.05) is 6.54 Å². The first-order chi connectivity index (χ1) is 10.3. The van der Waals surface area contributed by atoms with E-state index in [-0.39, 0.29) is 0 Å². The second kappa shape index (κ2) is 7.45. The number of rotatable bonds is 4. The Morgan fingerprint density at radius 3 is 2.57 bits per heavy atom. The lowest BCUT2D eigenvalue weighted by atomic mass is 9.79. The third kappa shape index (κ3) is 4.10. The van der Waals surface area contributed by atoms with Gasteiger partial charge in [0.15, 0.2) is 0 Å². The highest BCUT2D eigenvalue weighted by molar-refractivity contribution is 5.22. The van der Waals surface area contributed by atoms with Crippen LogP contribution < -0.4 is 5.32 Å². The topological polar surface area (TPSA) is 12.0 Å². The Balaban J connectivity index is 1.57. The van der Waals surface area contributed by atoms with Crippen LogP contribution in [0, 0.1) is 11.8 Å². The summed E-state index contributed by atoms with van der Waals surface area (Å²) in [6, 6.07) is 11.9. The monoisotopic (exact) mass is 285 g/mol. The Kier molecular flexibility index (Phi) is 5.35. The maximum atomic E-state index is 3.96. The van der Waals surface area contributed by atoms with Crippen LogP contribution in [0.1, 0.15) is 69.8 Å². The molecule has 2 saturated carbocycles. The average Bonchev–Trinajstić information content (AvgIpc) is 2.54. The fourth-order valence-electron chi connectivity index (χ4n) is 4.54. The molecule has 2 aliphatic rings. The van der Waals surface area contributed by atoms with E-state index in [0.29, 0.717) is 6.04 Å². The van der Waals surface area contributed by atoms with Gasteiger partial charge in [-0.2, -0.15) is 0 Å². The highest BCUT2D eigenvalue weighted by Gasteiger charge is 2.27. The molecule has 1 N–H and O–H groups in total. The van der Waals surface area contributed by atoms with Crippen molar-refractivity contribution in [3.05, 3.63) is 35.9 Å². The highest BCUT2D eigenvalue weighted by atomic mass is 14.9. The summed E-state index contributed by atoms with van der Waals surface area (Å²) in [7, 11) is 0. The minimum Gasteiger partial charge on any atom is -0.313 e. The Bertz CT molecular complexity index is 413. The second-order valence-corrected chi connectivity index (χ2v) is 7.45. The van der Waals surface area contributed by atoms with Gasteiger partial charge in [0.05, 0.1) is 0 Å². The summed E-state index contributed by atoms with van der Waals surface area (Å²) < 4.78 is 0. The number of hydrogen-bond acceptors (Lipinski definition) is 1. The minimum atomic E-state index is 0.707. The molecule has 116 valence electrons. The Labute approximate surface area is 130 Å². The van der Waals surface area contributed by atoms with Gasteiger partial charge in [0, 0.05) is 6.04 Å². The normalized spacial score (nSPS) is 33.8. The van der Waals surface area contributed by atoms with E-state index in [1.165, 1.54) is 57.9 Å². The van der Waals surface area contributed by atoms with E-state index in [4.69, 9.17) is 0 Å². The SMILES string of the molecule is CC1CCCC(CNC2CCCCC2c2ccccc2)C1. The quantitative estimate of drug-likeness (QED) is 0.808. The zero-order valence-corrected chi connectivity index (χ0v) is 13.6. The van der Waals surface area contributed by atoms with Crippen LogP contribution in [-0.4, -0.2) is 12.6 Å². The van der Waals surface area contributed by atoms with Crippen LogP contribution in [0.2, 0.25) is 0 Å². The smallest absolute Gasteiger partial charge is 0.0136 e. The lowest BCUT2D eigenvalue weighted by molar-refractivity contribution is 0.246. The average molecular weight is 285 g/mol. The molecule has 1 aromatic carbocycles. The van der Waals surface area contributed by atoms with E-state index < -0.39 is 0 Å². The number of benzene rings is 1. The molecule has 2 aliphatic carbocycles. The Morgan fingerprint density at radius 2 is 1.76 bits per heavy atom. The third-order valence-corrected chi connectivity index (χ3v) is 5.71. The predicted octanol–water partition coefficient (Wildman–Crippen LogP) is 5.13. The van der Waals surface area contributed by atoms with Crippen molar-refractivity contribution in [1.29, 1.82) is 0 Å². The first-order valence-electron chi connectivity index (χ1n) is 9.11. The fourth-order valence-corrected chi connectivity index (χ4v) is 4.54. The Hall–Kier alpha value is -0.820. The lowest BCUT2D eigenvalue weighted by Crippen LogP contribution is -2.40. The van der Waals surface area contributed by atoms with E-state index in [9.17, 15) is 0 Å². The van der Waals surface area contributed by atoms with Crippen LogP contribution in [0.5, 0.6) is 0 Å². The van der Waals surface area contributed by atoms with Crippen LogP contribution in [-0.2, 0) is 0 Å². The van der Waals surface area contributed by atoms with E-state index in [2.05, 4.69) is 42.6 Å². The van der Waals surface area contributed by atoms with Crippen molar-refractivity contribution < 1.29 is 0 Å². The summed E-state index contributed by atoms with van der Waals surface area (Å²) in [5.74, 6) is 2.61. The summed E-state index contributed by atoms with van der Waals surface area (Å²) in [5.41, 5.74) is 1.55. The highest BCUT2D eigenvalue weighted by Crippen LogP contribution is 2.34. The van der Waals surface area contributed by atoms with E-state index in [1.54, 1.807) is 5.56 Å². The summed E-state index contributed by atoms with van der Waals surface area (Å²) in [6.07, 6.45) is 11.3. The zero-order chi connectivity index (χ0) is 14.5. The molecule has 0 heterocycles. The van der Waals surface area contributed by atoms with Gasteiger partial charge in [0.25, 0.3) is 0 Å². The first-order valence-corrected chi connectivity index (χ1v) is 9.11. The van der Waals surface area contributed by atoms with E-state index >= 15 is 0 Å². The van der Waals surface area contributed by atoms with Gasteiger partial charge in [-0.3, -0.25) is 0 Å². The van der Waals surface area contributed by atoms with Crippen LogP contribution in [0.25, 0.3) is 0 Å².